The predicted octanol–water partition coefficient (Wildman–Crippen LogP) is 0.921. The van der Waals surface area contributed by atoms with Crippen molar-refractivity contribution in [1.29, 1.82) is 0 Å². The topological polar surface area (TPSA) is 109 Å². The summed E-state index contributed by atoms with van der Waals surface area (Å²) in [5, 5.41) is 15.8. The Morgan fingerprint density at radius 2 is 2.00 bits per heavy atom. The van der Waals surface area contributed by atoms with Crippen molar-refractivity contribution in [3.8, 4) is 5.95 Å². The minimum Gasteiger partial charge on any atom is -0.539 e. The molecule has 3 aromatic heterocycles. The second-order valence-corrected chi connectivity index (χ2v) is 6.13. The molecule has 0 unspecified atom stereocenters. The van der Waals surface area contributed by atoms with Crippen LogP contribution >= 0.6 is 11.3 Å². The Morgan fingerprint density at radius 3 is 2.59 bits per heavy atom. The van der Waals surface area contributed by atoms with Crippen molar-refractivity contribution < 1.29 is 19.1 Å². The van der Waals surface area contributed by atoms with Crippen LogP contribution in [0.4, 0.5) is 5.69 Å². The molecule has 3 heterocycles. The fourth-order valence-corrected chi connectivity index (χ4v) is 3.54. The third-order valence-corrected chi connectivity index (χ3v) is 4.96. The number of fused-ring (bicyclic) bond motifs is 1. The standard InChI is InChI=1S/C14H14N4O3S/c1-5-6(2)8-9(15)12(22-13(8)16-7(5)3)11(19)10-14(20)21-17-18(10)4/h1-4H3,(H2-,15,17,19,20). The Labute approximate surface area is 130 Å². The van der Waals surface area contributed by atoms with E-state index in [4.69, 9.17) is 5.73 Å². The molecule has 0 aromatic carbocycles. The number of nitrogens with zero attached hydrogens (tertiary/aromatic N) is 3. The van der Waals surface area contributed by atoms with E-state index in [-0.39, 0.29) is 10.6 Å². The Bertz CT molecular complexity index is 907. The van der Waals surface area contributed by atoms with E-state index in [2.05, 4.69) is 14.8 Å². The van der Waals surface area contributed by atoms with E-state index >= 15 is 0 Å². The maximum Gasteiger partial charge on any atom is 0.305 e. The lowest BCUT2D eigenvalue weighted by molar-refractivity contribution is -0.741. The van der Waals surface area contributed by atoms with Gasteiger partial charge in [-0.1, -0.05) is 4.68 Å². The smallest absolute Gasteiger partial charge is 0.305 e. The van der Waals surface area contributed by atoms with Gasteiger partial charge in [0.15, 0.2) is 13.0 Å². The number of hydrogen-bond donors (Lipinski definition) is 1. The summed E-state index contributed by atoms with van der Waals surface area (Å²) in [6.07, 6.45) is 0. The van der Waals surface area contributed by atoms with Crippen LogP contribution in [0.25, 0.3) is 10.2 Å². The van der Waals surface area contributed by atoms with Crippen LogP contribution in [0.15, 0.2) is 4.52 Å². The molecule has 114 valence electrons. The van der Waals surface area contributed by atoms with Gasteiger partial charge in [-0.3, -0.25) is 4.79 Å². The molecule has 0 spiro atoms. The molecular formula is C14H14N4O3S. The summed E-state index contributed by atoms with van der Waals surface area (Å²) in [7, 11) is 1.47. The molecule has 0 saturated heterocycles. The van der Waals surface area contributed by atoms with E-state index < -0.39 is 11.7 Å². The van der Waals surface area contributed by atoms with Gasteiger partial charge in [0.1, 0.15) is 9.71 Å². The number of nitrogens with two attached hydrogens (primary N) is 1. The summed E-state index contributed by atoms with van der Waals surface area (Å²) in [6.45, 7) is 5.82. The van der Waals surface area contributed by atoms with Crippen LogP contribution in [0.3, 0.4) is 0 Å². The van der Waals surface area contributed by atoms with Crippen LogP contribution in [-0.4, -0.2) is 16.0 Å². The number of hydrogen-bond acceptors (Lipinski definition) is 7. The molecule has 8 heteroatoms. The molecule has 0 aliphatic rings. The number of ketones is 1. The quantitative estimate of drug-likeness (QED) is 0.556. The highest BCUT2D eigenvalue weighted by molar-refractivity contribution is 7.21. The maximum absolute atomic E-state index is 12.6. The van der Waals surface area contributed by atoms with Crippen LogP contribution in [0.1, 0.15) is 32.2 Å². The van der Waals surface area contributed by atoms with Crippen LogP contribution in [0, 0.1) is 20.8 Å². The Morgan fingerprint density at radius 1 is 1.32 bits per heavy atom. The summed E-state index contributed by atoms with van der Waals surface area (Å²) in [6, 6.07) is 0. The predicted molar refractivity (Wildman–Crippen MR) is 78.8 cm³/mol. The van der Waals surface area contributed by atoms with Crippen molar-refractivity contribution in [2.75, 3.05) is 5.73 Å². The van der Waals surface area contributed by atoms with Gasteiger partial charge in [0, 0.05) is 11.1 Å². The van der Waals surface area contributed by atoms with Crippen LogP contribution in [0.2, 0.25) is 0 Å². The molecule has 3 aromatic rings. The van der Waals surface area contributed by atoms with Gasteiger partial charge in [0.05, 0.1) is 11.0 Å². The SMILES string of the molecule is Cc1nc2sc(C(=O)c3c([O-])on[n+]3C)c(N)c2c(C)c1C. The van der Waals surface area contributed by atoms with E-state index in [9.17, 15) is 9.90 Å². The molecule has 0 aliphatic heterocycles. The average molecular weight is 318 g/mol. The Kier molecular flexibility index (Phi) is 3.13. The van der Waals surface area contributed by atoms with E-state index in [1.54, 1.807) is 0 Å². The Balaban J connectivity index is 2.27. The third kappa shape index (κ3) is 1.87. The first-order chi connectivity index (χ1) is 10.3. The molecular weight excluding hydrogens is 304 g/mol. The number of anilines is 1. The fourth-order valence-electron chi connectivity index (χ4n) is 2.40. The molecule has 22 heavy (non-hydrogen) atoms. The molecule has 0 amide bonds. The second-order valence-electron chi connectivity index (χ2n) is 5.13. The van der Waals surface area contributed by atoms with Crippen molar-refractivity contribution >= 4 is 33.0 Å². The largest absolute Gasteiger partial charge is 0.539 e. The highest BCUT2D eigenvalue weighted by Gasteiger charge is 2.29. The van der Waals surface area contributed by atoms with Crippen molar-refractivity contribution in [2.45, 2.75) is 20.8 Å². The minimum atomic E-state index is -0.776. The van der Waals surface area contributed by atoms with Crippen LogP contribution < -0.4 is 15.5 Å². The third-order valence-electron chi connectivity index (χ3n) is 3.86. The first-order valence-electron chi connectivity index (χ1n) is 6.56. The van der Waals surface area contributed by atoms with Gasteiger partial charge in [0.25, 0.3) is 5.78 Å². The Hall–Kier alpha value is -2.48. The zero-order valence-electron chi connectivity index (χ0n) is 12.6. The van der Waals surface area contributed by atoms with Gasteiger partial charge in [0.2, 0.25) is 0 Å². The van der Waals surface area contributed by atoms with Crippen LogP contribution in [-0.2, 0) is 7.05 Å². The normalized spacial score (nSPS) is 11.3. The van der Waals surface area contributed by atoms with Gasteiger partial charge in [-0.25, -0.2) is 4.98 Å². The number of rotatable bonds is 2. The molecule has 0 bridgehead atoms. The lowest BCUT2D eigenvalue weighted by atomic mass is 10.0. The summed E-state index contributed by atoms with van der Waals surface area (Å²) in [5.41, 5.74) is 9.28. The number of aryl methyl sites for hydroxylation is 3. The second kappa shape index (κ2) is 4.77. The zero-order chi connectivity index (χ0) is 16.2. The monoisotopic (exact) mass is 318 g/mol. The van der Waals surface area contributed by atoms with E-state index in [1.807, 2.05) is 20.8 Å². The van der Waals surface area contributed by atoms with Gasteiger partial charge in [-0.2, -0.15) is 0 Å². The fraction of sp³-hybridized carbons (Fsp3) is 0.286. The van der Waals surface area contributed by atoms with Crippen molar-refractivity contribution in [2.24, 2.45) is 7.05 Å². The van der Waals surface area contributed by atoms with Crippen molar-refractivity contribution in [3.05, 3.63) is 27.4 Å². The number of pyridine rings is 1. The number of carbonyl (C=O) groups is 1. The van der Waals surface area contributed by atoms with Crippen molar-refractivity contribution in [1.82, 2.24) is 10.3 Å². The average Bonchev–Trinajstić information content (AvgIpc) is 2.96. The van der Waals surface area contributed by atoms with Crippen molar-refractivity contribution in [3.63, 3.8) is 0 Å². The molecule has 0 atom stereocenters. The summed E-state index contributed by atoms with van der Waals surface area (Å²) >= 11 is 1.18. The molecule has 0 saturated carbocycles. The summed E-state index contributed by atoms with van der Waals surface area (Å²) < 4.78 is 5.61. The number of nitrogen functional groups attached to an aromatic ring is 1. The molecule has 0 aliphatic carbocycles. The molecule has 0 fully saturated rings. The maximum atomic E-state index is 12.6. The van der Waals surface area contributed by atoms with E-state index in [0.29, 0.717) is 10.5 Å². The zero-order valence-corrected chi connectivity index (χ0v) is 13.4. The van der Waals surface area contributed by atoms with Crippen LogP contribution in [0.5, 0.6) is 5.95 Å². The summed E-state index contributed by atoms with van der Waals surface area (Å²) in [4.78, 5) is 18.1. The lowest BCUT2D eigenvalue weighted by Gasteiger charge is -2.05. The van der Waals surface area contributed by atoms with Gasteiger partial charge < -0.3 is 15.4 Å². The first kappa shape index (κ1) is 14.5. The molecule has 3 rings (SSSR count). The number of aromatic nitrogens is 3. The summed E-state index contributed by atoms with van der Waals surface area (Å²) in [5.74, 6) is -1.27. The number of carbonyl (C=O) groups excluding carboxylic acids is 1. The van der Waals surface area contributed by atoms with Gasteiger partial charge in [-0.05, 0) is 31.9 Å². The first-order valence-corrected chi connectivity index (χ1v) is 7.38. The van der Waals surface area contributed by atoms with Gasteiger partial charge in [-0.15, -0.1) is 11.3 Å². The highest BCUT2D eigenvalue weighted by atomic mass is 32.1. The minimum absolute atomic E-state index is 0.149. The van der Waals surface area contributed by atoms with E-state index in [1.165, 1.54) is 18.4 Å². The number of thiophene rings is 1. The molecule has 2 N–H and O–H groups in total. The lowest BCUT2D eigenvalue weighted by Crippen LogP contribution is -2.37. The van der Waals surface area contributed by atoms with E-state index in [0.717, 1.165) is 26.9 Å². The highest BCUT2D eigenvalue weighted by Crippen LogP contribution is 2.37. The van der Waals surface area contributed by atoms with Gasteiger partial charge >= 0.3 is 5.69 Å². The molecule has 0 radical (unpaired) electrons. The molecule has 7 nitrogen and oxygen atoms in total.